The average Bonchev–Trinajstić information content (AvgIpc) is 3.27. The van der Waals surface area contributed by atoms with Crippen LogP contribution in [0.3, 0.4) is 0 Å². The molecule has 4 aromatic rings. The zero-order valence-electron chi connectivity index (χ0n) is 14.5. The molecule has 26 heavy (non-hydrogen) atoms. The standard InChI is InChI=1S/C19H19N7/c1-25-10-14(9-24-25)16-5-3-2-4-13(16)8-20-18-17-19(22-11-21-18)26(12-23-17)15-6-7-15/h2-5,9-12,15H,6-8H2,1H3,(H,20,21,22). The van der Waals surface area contributed by atoms with Gasteiger partial charge in [-0.2, -0.15) is 5.10 Å². The van der Waals surface area contributed by atoms with Gasteiger partial charge in [-0.15, -0.1) is 0 Å². The lowest BCUT2D eigenvalue weighted by atomic mass is 10.0. The maximum atomic E-state index is 4.54. The fourth-order valence-corrected chi connectivity index (χ4v) is 3.30. The molecule has 0 bridgehead atoms. The second kappa shape index (κ2) is 5.94. The van der Waals surface area contributed by atoms with E-state index in [2.05, 4.69) is 42.1 Å². The van der Waals surface area contributed by atoms with E-state index in [-0.39, 0.29) is 0 Å². The van der Waals surface area contributed by atoms with Gasteiger partial charge in [0.05, 0.1) is 12.5 Å². The van der Waals surface area contributed by atoms with Crippen molar-refractivity contribution >= 4 is 17.0 Å². The van der Waals surface area contributed by atoms with Crippen LogP contribution in [-0.2, 0) is 13.6 Å². The van der Waals surface area contributed by atoms with Crippen LogP contribution in [0.2, 0.25) is 0 Å². The number of hydrogen-bond acceptors (Lipinski definition) is 5. The Morgan fingerprint density at radius 3 is 2.85 bits per heavy atom. The molecular weight excluding hydrogens is 326 g/mol. The highest BCUT2D eigenvalue weighted by molar-refractivity contribution is 5.83. The van der Waals surface area contributed by atoms with Gasteiger partial charge in [0.1, 0.15) is 11.8 Å². The van der Waals surface area contributed by atoms with E-state index in [1.165, 1.54) is 24.0 Å². The van der Waals surface area contributed by atoms with Crippen LogP contribution >= 0.6 is 0 Å². The topological polar surface area (TPSA) is 73.5 Å². The molecule has 1 aliphatic carbocycles. The SMILES string of the molecule is Cn1cc(-c2ccccc2CNc2ncnc3c2ncn3C2CC2)cn1. The summed E-state index contributed by atoms with van der Waals surface area (Å²) in [5, 5.41) is 7.72. The molecule has 1 fully saturated rings. The molecule has 0 aliphatic heterocycles. The van der Waals surface area contributed by atoms with E-state index >= 15 is 0 Å². The smallest absolute Gasteiger partial charge is 0.165 e. The Hall–Kier alpha value is -3.22. The molecule has 1 aromatic carbocycles. The molecule has 3 aromatic heterocycles. The van der Waals surface area contributed by atoms with Crippen LogP contribution in [-0.4, -0.2) is 29.3 Å². The number of fused-ring (bicyclic) bond motifs is 1. The summed E-state index contributed by atoms with van der Waals surface area (Å²) in [5.41, 5.74) is 5.20. The van der Waals surface area contributed by atoms with E-state index in [4.69, 9.17) is 0 Å². The lowest BCUT2D eigenvalue weighted by Gasteiger charge is -2.10. The summed E-state index contributed by atoms with van der Waals surface area (Å²) in [5.74, 6) is 0.774. The minimum absolute atomic E-state index is 0.550. The third-order valence-electron chi connectivity index (χ3n) is 4.78. The number of hydrogen-bond donors (Lipinski definition) is 1. The van der Waals surface area contributed by atoms with Crippen molar-refractivity contribution in [3.63, 3.8) is 0 Å². The molecule has 0 spiro atoms. The number of nitrogens with zero attached hydrogens (tertiary/aromatic N) is 6. The summed E-state index contributed by atoms with van der Waals surface area (Å²) in [7, 11) is 1.93. The minimum atomic E-state index is 0.550. The van der Waals surface area contributed by atoms with Gasteiger partial charge in [0.25, 0.3) is 0 Å². The molecule has 5 rings (SSSR count). The zero-order chi connectivity index (χ0) is 17.5. The summed E-state index contributed by atoms with van der Waals surface area (Å²) in [6.45, 7) is 0.660. The van der Waals surface area contributed by atoms with Crippen molar-refractivity contribution in [2.24, 2.45) is 7.05 Å². The first-order valence-corrected chi connectivity index (χ1v) is 8.78. The summed E-state index contributed by atoms with van der Waals surface area (Å²) in [6.07, 6.45) is 9.81. The van der Waals surface area contributed by atoms with E-state index in [9.17, 15) is 0 Å². The molecular formula is C19H19N7. The Morgan fingerprint density at radius 1 is 1.15 bits per heavy atom. The second-order valence-corrected chi connectivity index (χ2v) is 6.69. The van der Waals surface area contributed by atoms with Gasteiger partial charge < -0.3 is 9.88 Å². The van der Waals surface area contributed by atoms with Crippen molar-refractivity contribution in [3.05, 3.63) is 54.9 Å². The molecule has 0 atom stereocenters. The Kier molecular flexibility index (Phi) is 3.44. The van der Waals surface area contributed by atoms with Gasteiger partial charge >= 0.3 is 0 Å². The number of anilines is 1. The van der Waals surface area contributed by atoms with Crippen LogP contribution in [0.5, 0.6) is 0 Å². The molecule has 0 unspecified atom stereocenters. The van der Waals surface area contributed by atoms with Gasteiger partial charge in [0, 0.05) is 31.4 Å². The van der Waals surface area contributed by atoms with Gasteiger partial charge in [-0.1, -0.05) is 24.3 Å². The first-order valence-electron chi connectivity index (χ1n) is 8.78. The molecule has 130 valence electrons. The largest absolute Gasteiger partial charge is 0.364 e. The van der Waals surface area contributed by atoms with Crippen molar-refractivity contribution in [2.45, 2.75) is 25.4 Å². The van der Waals surface area contributed by atoms with Crippen molar-refractivity contribution in [1.29, 1.82) is 0 Å². The van der Waals surface area contributed by atoms with Crippen LogP contribution in [0.25, 0.3) is 22.3 Å². The fraction of sp³-hybridized carbons (Fsp3) is 0.263. The van der Waals surface area contributed by atoms with Gasteiger partial charge in [0.2, 0.25) is 0 Å². The Labute approximate surface area is 150 Å². The zero-order valence-corrected chi connectivity index (χ0v) is 14.5. The van der Waals surface area contributed by atoms with E-state index < -0.39 is 0 Å². The number of imidazole rings is 1. The van der Waals surface area contributed by atoms with Crippen molar-refractivity contribution < 1.29 is 0 Å². The molecule has 0 saturated heterocycles. The first kappa shape index (κ1) is 15.1. The van der Waals surface area contributed by atoms with Crippen molar-refractivity contribution in [3.8, 4) is 11.1 Å². The van der Waals surface area contributed by atoms with Gasteiger partial charge in [-0.3, -0.25) is 4.68 Å². The van der Waals surface area contributed by atoms with E-state index in [0.29, 0.717) is 12.6 Å². The molecule has 7 nitrogen and oxygen atoms in total. The van der Waals surface area contributed by atoms with E-state index in [1.807, 2.05) is 42.6 Å². The maximum Gasteiger partial charge on any atom is 0.165 e. The summed E-state index contributed by atoms with van der Waals surface area (Å²) in [4.78, 5) is 13.4. The quantitative estimate of drug-likeness (QED) is 0.601. The number of nitrogens with one attached hydrogen (secondary N) is 1. The number of benzene rings is 1. The van der Waals surface area contributed by atoms with Crippen LogP contribution in [0.15, 0.2) is 49.3 Å². The van der Waals surface area contributed by atoms with Gasteiger partial charge in [-0.05, 0) is 24.0 Å². The van der Waals surface area contributed by atoms with Crippen LogP contribution < -0.4 is 5.32 Å². The monoisotopic (exact) mass is 345 g/mol. The number of rotatable bonds is 5. The highest BCUT2D eigenvalue weighted by atomic mass is 15.2. The predicted octanol–water partition coefficient (Wildman–Crippen LogP) is 3.17. The Balaban J connectivity index is 1.44. The first-order chi connectivity index (χ1) is 12.8. The third-order valence-corrected chi connectivity index (χ3v) is 4.78. The van der Waals surface area contributed by atoms with Crippen molar-refractivity contribution in [2.75, 3.05) is 5.32 Å². The summed E-state index contributed by atoms with van der Waals surface area (Å²) < 4.78 is 3.98. The normalized spacial score (nSPS) is 14.0. The number of aromatic nitrogens is 6. The molecule has 1 N–H and O–H groups in total. The maximum absolute atomic E-state index is 4.54. The molecule has 3 heterocycles. The van der Waals surface area contributed by atoms with E-state index in [1.54, 1.807) is 6.33 Å². The molecule has 7 heteroatoms. The van der Waals surface area contributed by atoms with Gasteiger partial charge in [0.15, 0.2) is 11.5 Å². The second-order valence-electron chi connectivity index (χ2n) is 6.69. The lowest BCUT2D eigenvalue weighted by molar-refractivity contribution is 0.756. The predicted molar refractivity (Wildman–Crippen MR) is 99.6 cm³/mol. The number of aryl methyl sites for hydroxylation is 1. The van der Waals surface area contributed by atoms with Gasteiger partial charge in [-0.25, -0.2) is 15.0 Å². The summed E-state index contributed by atoms with van der Waals surface area (Å²) >= 11 is 0. The molecule has 1 saturated carbocycles. The minimum Gasteiger partial charge on any atom is -0.364 e. The fourth-order valence-electron chi connectivity index (χ4n) is 3.30. The Bertz CT molecular complexity index is 1070. The highest BCUT2D eigenvalue weighted by Crippen LogP contribution is 2.37. The molecule has 0 amide bonds. The van der Waals surface area contributed by atoms with Crippen molar-refractivity contribution in [1.82, 2.24) is 29.3 Å². The molecule has 0 radical (unpaired) electrons. The average molecular weight is 345 g/mol. The Morgan fingerprint density at radius 2 is 2.04 bits per heavy atom. The van der Waals surface area contributed by atoms with Crippen LogP contribution in [0.4, 0.5) is 5.82 Å². The van der Waals surface area contributed by atoms with E-state index in [0.717, 1.165) is 22.5 Å². The summed E-state index contributed by atoms with van der Waals surface area (Å²) in [6, 6.07) is 8.89. The molecule has 1 aliphatic rings. The lowest BCUT2D eigenvalue weighted by Crippen LogP contribution is -2.04. The highest BCUT2D eigenvalue weighted by Gasteiger charge is 2.26. The van der Waals surface area contributed by atoms with Crippen LogP contribution in [0.1, 0.15) is 24.4 Å². The third kappa shape index (κ3) is 2.61. The van der Waals surface area contributed by atoms with Crippen LogP contribution in [0, 0.1) is 0 Å².